The Morgan fingerprint density at radius 2 is 2.12 bits per heavy atom. The maximum Gasteiger partial charge on any atom is 0.407 e. The van der Waals surface area contributed by atoms with Crippen LogP contribution < -0.4 is 10.6 Å². The average molecular weight is 345 g/mol. The first kappa shape index (κ1) is 17.7. The van der Waals surface area contributed by atoms with Crippen molar-refractivity contribution in [3.8, 4) is 0 Å². The van der Waals surface area contributed by atoms with Crippen molar-refractivity contribution in [3.05, 3.63) is 30.5 Å². The van der Waals surface area contributed by atoms with E-state index in [1.54, 1.807) is 12.4 Å². The molecule has 1 aliphatic carbocycles. The number of hydrogen-bond acceptors (Lipinski definition) is 5. The molecule has 0 saturated heterocycles. The van der Waals surface area contributed by atoms with Gasteiger partial charge >= 0.3 is 6.09 Å². The van der Waals surface area contributed by atoms with Gasteiger partial charge in [0.1, 0.15) is 5.60 Å². The molecule has 2 aromatic heterocycles. The fourth-order valence-electron chi connectivity index (χ4n) is 3.25. The number of carbonyl (C=O) groups is 1. The number of fused-ring (bicyclic) bond motifs is 1. The van der Waals surface area contributed by atoms with Crippen molar-refractivity contribution in [2.75, 3.05) is 0 Å². The Bertz CT molecular complexity index is 722. The number of nitrogens with one attached hydrogen (secondary N) is 2. The number of imidazole rings is 1. The zero-order chi connectivity index (χ0) is 17.9. The maximum atomic E-state index is 12.0. The third-order valence-electron chi connectivity index (χ3n) is 4.36. The van der Waals surface area contributed by atoms with Crippen LogP contribution in [0.2, 0.25) is 0 Å². The van der Waals surface area contributed by atoms with Crippen LogP contribution >= 0.6 is 0 Å². The highest BCUT2D eigenvalue weighted by Gasteiger charge is 2.25. The molecule has 7 nitrogen and oxygen atoms in total. The van der Waals surface area contributed by atoms with Crippen molar-refractivity contribution in [2.45, 2.75) is 70.7 Å². The molecule has 1 aliphatic rings. The van der Waals surface area contributed by atoms with Crippen molar-refractivity contribution >= 4 is 11.7 Å². The average Bonchev–Trinajstić information content (AvgIpc) is 2.94. The molecule has 0 unspecified atom stereocenters. The Kier molecular flexibility index (Phi) is 5.22. The fourth-order valence-corrected chi connectivity index (χ4v) is 3.25. The standard InChI is InChI=1S/C18H27N5O2/c1-18(2,3)25-17(24)22-14-6-4-5-13(9-14)20-10-15-11-21-16-12-19-7-8-23(15)16/h7-8,11-14,20H,4-6,9-10H2,1-3H3,(H,22,24)/t13-,14+/m0/s1. The van der Waals surface area contributed by atoms with Crippen LogP contribution in [0.25, 0.3) is 5.65 Å². The Morgan fingerprint density at radius 3 is 2.92 bits per heavy atom. The molecule has 0 spiro atoms. The first-order chi connectivity index (χ1) is 11.9. The minimum absolute atomic E-state index is 0.160. The number of carbonyl (C=O) groups excluding carboxylic acids is 1. The molecule has 3 rings (SSSR count). The van der Waals surface area contributed by atoms with Gasteiger partial charge in [-0.3, -0.25) is 9.38 Å². The van der Waals surface area contributed by atoms with Gasteiger partial charge in [-0.25, -0.2) is 9.78 Å². The lowest BCUT2D eigenvalue weighted by Crippen LogP contribution is -2.45. The Morgan fingerprint density at radius 1 is 1.32 bits per heavy atom. The zero-order valence-corrected chi connectivity index (χ0v) is 15.2. The Labute approximate surface area is 148 Å². The van der Waals surface area contributed by atoms with Gasteiger partial charge in [0, 0.05) is 31.0 Å². The molecule has 25 heavy (non-hydrogen) atoms. The van der Waals surface area contributed by atoms with E-state index in [1.807, 2.05) is 37.6 Å². The Balaban J connectivity index is 1.51. The van der Waals surface area contributed by atoms with Gasteiger partial charge in [-0.2, -0.15) is 0 Å². The summed E-state index contributed by atoms with van der Waals surface area (Å²) in [5.41, 5.74) is 1.50. The minimum Gasteiger partial charge on any atom is -0.444 e. The molecule has 136 valence electrons. The van der Waals surface area contributed by atoms with E-state index in [4.69, 9.17) is 4.74 Å². The van der Waals surface area contributed by atoms with Gasteiger partial charge in [0.25, 0.3) is 0 Å². The summed E-state index contributed by atoms with van der Waals surface area (Å²) >= 11 is 0. The highest BCUT2D eigenvalue weighted by molar-refractivity contribution is 5.68. The van der Waals surface area contributed by atoms with Crippen LogP contribution in [0.4, 0.5) is 4.79 Å². The third-order valence-corrected chi connectivity index (χ3v) is 4.36. The summed E-state index contributed by atoms with van der Waals surface area (Å²) in [7, 11) is 0. The summed E-state index contributed by atoms with van der Waals surface area (Å²) in [6.45, 7) is 6.38. The molecule has 2 aromatic rings. The van der Waals surface area contributed by atoms with E-state index >= 15 is 0 Å². The number of rotatable bonds is 4. The molecule has 7 heteroatoms. The van der Waals surface area contributed by atoms with Crippen LogP contribution in [0.1, 0.15) is 52.1 Å². The molecular weight excluding hydrogens is 318 g/mol. The smallest absolute Gasteiger partial charge is 0.407 e. The molecule has 1 amide bonds. The summed E-state index contributed by atoms with van der Waals surface area (Å²) in [6, 6.07) is 0.536. The molecule has 0 bridgehead atoms. The SMILES string of the molecule is CC(C)(C)OC(=O)N[C@@H]1CCC[C@H](NCc2cnc3cnccn23)C1. The monoisotopic (exact) mass is 345 g/mol. The lowest BCUT2D eigenvalue weighted by molar-refractivity contribution is 0.0488. The second-order valence-corrected chi connectivity index (χ2v) is 7.64. The van der Waals surface area contributed by atoms with Crippen LogP contribution in [0.15, 0.2) is 24.8 Å². The molecule has 2 atom stereocenters. The highest BCUT2D eigenvalue weighted by Crippen LogP contribution is 2.20. The van der Waals surface area contributed by atoms with Gasteiger partial charge in [-0.1, -0.05) is 0 Å². The second-order valence-electron chi connectivity index (χ2n) is 7.64. The van der Waals surface area contributed by atoms with Crippen LogP contribution in [0.3, 0.4) is 0 Å². The molecule has 0 aliphatic heterocycles. The van der Waals surface area contributed by atoms with Gasteiger partial charge in [-0.05, 0) is 46.5 Å². The largest absolute Gasteiger partial charge is 0.444 e. The lowest BCUT2D eigenvalue weighted by atomic mass is 9.91. The van der Waals surface area contributed by atoms with Gasteiger partial charge in [0.15, 0.2) is 5.65 Å². The van der Waals surface area contributed by atoms with E-state index in [0.717, 1.165) is 43.6 Å². The molecule has 1 saturated carbocycles. The molecule has 0 radical (unpaired) electrons. The predicted molar refractivity (Wildman–Crippen MR) is 95.2 cm³/mol. The quantitative estimate of drug-likeness (QED) is 0.890. The maximum absolute atomic E-state index is 12.0. The normalized spacial score (nSPS) is 21.2. The summed E-state index contributed by atoms with van der Waals surface area (Å²) in [6.07, 6.45) is 11.1. The highest BCUT2D eigenvalue weighted by atomic mass is 16.6. The summed E-state index contributed by atoms with van der Waals surface area (Å²) in [5, 5.41) is 6.60. The van der Waals surface area contributed by atoms with E-state index in [0.29, 0.717) is 6.04 Å². The number of hydrogen-bond donors (Lipinski definition) is 2. The van der Waals surface area contributed by atoms with E-state index in [9.17, 15) is 4.79 Å². The van der Waals surface area contributed by atoms with Gasteiger partial charge in [0.2, 0.25) is 0 Å². The molecular formula is C18H27N5O2. The first-order valence-electron chi connectivity index (χ1n) is 8.89. The summed E-state index contributed by atoms with van der Waals surface area (Å²) in [4.78, 5) is 20.4. The number of alkyl carbamates (subject to hydrolysis) is 1. The summed E-state index contributed by atoms with van der Waals surface area (Å²) in [5.74, 6) is 0. The first-order valence-corrected chi connectivity index (χ1v) is 8.89. The summed E-state index contributed by atoms with van der Waals surface area (Å²) < 4.78 is 7.40. The van der Waals surface area contributed by atoms with E-state index in [2.05, 4.69) is 20.6 Å². The lowest BCUT2D eigenvalue weighted by Gasteiger charge is -2.31. The van der Waals surface area contributed by atoms with Crippen LogP contribution in [-0.2, 0) is 11.3 Å². The number of aromatic nitrogens is 3. The predicted octanol–water partition coefficient (Wildman–Crippen LogP) is 2.65. The van der Waals surface area contributed by atoms with Gasteiger partial charge in [-0.15, -0.1) is 0 Å². The van der Waals surface area contributed by atoms with Crippen molar-refractivity contribution in [1.29, 1.82) is 0 Å². The number of amides is 1. The molecule has 1 fully saturated rings. The van der Waals surface area contributed by atoms with Crippen LogP contribution in [0, 0.1) is 0 Å². The number of nitrogens with zero attached hydrogens (tertiary/aromatic N) is 3. The molecule has 0 aromatic carbocycles. The molecule has 2 N–H and O–H groups in total. The van der Waals surface area contributed by atoms with E-state index in [1.165, 1.54) is 0 Å². The van der Waals surface area contributed by atoms with E-state index < -0.39 is 5.60 Å². The van der Waals surface area contributed by atoms with Crippen molar-refractivity contribution in [1.82, 2.24) is 25.0 Å². The molecule has 2 heterocycles. The minimum atomic E-state index is -0.464. The fraction of sp³-hybridized carbons (Fsp3) is 0.611. The topological polar surface area (TPSA) is 80.5 Å². The van der Waals surface area contributed by atoms with Gasteiger partial charge < -0.3 is 15.4 Å². The van der Waals surface area contributed by atoms with E-state index in [-0.39, 0.29) is 12.1 Å². The third kappa shape index (κ3) is 4.92. The van der Waals surface area contributed by atoms with Gasteiger partial charge in [0.05, 0.1) is 18.1 Å². The van der Waals surface area contributed by atoms with Crippen molar-refractivity contribution in [2.24, 2.45) is 0 Å². The zero-order valence-electron chi connectivity index (χ0n) is 15.2. The van der Waals surface area contributed by atoms with Crippen LogP contribution in [-0.4, -0.2) is 38.1 Å². The Hall–Kier alpha value is -2.15. The number of ether oxygens (including phenoxy) is 1. The van der Waals surface area contributed by atoms with Crippen LogP contribution in [0.5, 0.6) is 0 Å². The van der Waals surface area contributed by atoms with Crippen molar-refractivity contribution in [3.63, 3.8) is 0 Å². The van der Waals surface area contributed by atoms with Crippen molar-refractivity contribution < 1.29 is 9.53 Å². The second kappa shape index (κ2) is 7.39.